The molecule has 0 aliphatic carbocycles. The van der Waals surface area contributed by atoms with Gasteiger partial charge in [0.25, 0.3) is 5.91 Å². The summed E-state index contributed by atoms with van der Waals surface area (Å²) < 4.78 is 26.7. The van der Waals surface area contributed by atoms with Gasteiger partial charge in [-0.15, -0.1) is 0 Å². The fraction of sp³-hybridized carbons (Fsp3) is 0.133. The van der Waals surface area contributed by atoms with Gasteiger partial charge in [0.05, 0.1) is 5.69 Å². The molecular weight excluding hydrogens is 262 g/mol. The normalized spacial score (nSPS) is 10.4. The Balaban J connectivity index is 2.23. The number of carbonyl (C=O) groups is 1. The van der Waals surface area contributed by atoms with Crippen molar-refractivity contribution in [3.8, 4) is 0 Å². The summed E-state index contributed by atoms with van der Waals surface area (Å²) in [6.07, 6.45) is 0. The molecule has 1 amide bonds. The molecular formula is C15H14F2N2O. The standard InChI is InChI=1S/C15H14F2N2O/c1-9-6-11(16)3-4-12(9)15(20)19-14-5-2-10(8-18)7-13(14)17/h2-7H,8,18H2,1H3,(H,19,20). The van der Waals surface area contributed by atoms with Gasteiger partial charge in [0.2, 0.25) is 0 Å². The minimum Gasteiger partial charge on any atom is -0.326 e. The van der Waals surface area contributed by atoms with E-state index in [2.05, 4.69) is 5.32 Å². The number of hydrogen-bond acceptors (Lipinski definition) is 2. The van der Waals surface area contributed by atoms with E-state index in [0.29, 0.717) is 16.7 Å². The molecule has 0 aliphatic heterocycles. The fourth-order valence-corrected chi connectivity index (χ4v) is 1.86. The molecule has 0 fully saturated rings. The number of nitrogens with one attached hydrogen (secondary N) is 1. The van der Waals surface area contributed by atoms with Gasteiger partial charge in [0.15, 0.2) is 0 Å². The molecule has 0 aromatic heterocycles. The van der Waals surface area contributed by atoms with E-state index in [9.17, 15) is 13.6 Å². The van der Waals surface area contributed by atoms with Gasteiger partial charge in [-0.25, -0.2) is 8.78 Å². The number of carbonyl (C=O) groups excluding carboxylic acids is 1. The molecule has 5 heteroatoms. The van der Waals surface area contributed by atoms with Gasteiger partial charge in [-0.05, 0) is 48.4 Å². The molecule has 0 atom stereocenters. The van der Waals surface area contributed by atoms with E-state index < -0.39 is 17.5 Å². The van der Waals surface area contributed by atoms with Crippen molar-refractivity contribution in [2.45, 2.75) is 13.5 Å². The maximum absolute atomic E-state index is 13.7. The summed E-state index contributed by atoms with van der Waals surface area (Å²) in [4.78, 5) is 12.0. The van der Waals surface area contributed by atoms with Crippen LogP contribution in [0.2, 0.25) is 0 Å². The smallest absolute Gasteiger partial charge is 0.256 e. The second-order valence-corrected chi connectivity index (χ2v) is 4.43. The number of rotatable bonds is 3. The predicted octanol–water partition coefficient (Wildman–Crippen LogP) is 2.98. The van der Waals surface area contributed by atoms with Crippen LogP contribution in [0, 0.1) is 18.6 Å². The molecule has 0 saturated carbocycles. The Labute approximate surface area is 115 Å². The maximum Gasteiger partial charge on any atom is 0.256 e. The van der Waals surface area contributed by atoms with E-state index in [0.717, 1.165) is 0 Å². The third kappa shape index (κ3) is 3.00. The van der Waals surface area contributed by atoms with Crippen LogP contribution in [-0.4, -0.2) is 5.91 Å². The minimum absolute atomic E-state index is 0.0657. The predicted molar refractivity (Wildman–Crippen MR) is 73.4 cm³/mol. The highest BCUT2D eigenvalue weighted by Gasteiger charge is 2.12. The molecule has 3 nitrogen and oxygen atoms in total. The minimum atomic E-state index is -0.555. The zero-order valence-corrected chi connectivity index (χ0v) is 10.9. The van der Waals surface area contributed by atoms with Crippen molar-refractivity contribution in [3.63, 3.8) is 0 Å². The van der Waals surface area contributed by atoms with Crippen molar-refractivity contribution in [1.29, 1.82) is 0 Å². The molecule has 3 N–H and O–H groups in total. The average molecular weight is 276 g/mol. The molecule has 0 unspecified atom stereocenters. The highest BCUT2D eigenvalue weighted by molar-refractivity contribution is 6.05. The van der Waals surface area contributed by atoms with Gasteiger partial charge in [0, 0.05) is 12.1 Å². The lowest BCUT2D eigenvalue weighted by Gasteiger charge is -2.09. The molecule has 0 heterocycles. The summed E-state index contributed by atoms with van der Waals surface area (Å²) in [7, 11) is 0. The van der Waals surface area contributed by atoms with Gasteiger partial charge in [-0.3, -0.25) is 4.79 Å². The topological polar surface area (TPSA) is 55.1 Å². The quantitative estimate of drug-likeness (QED) is 0.905. The summed E-state index contributed by atoms with van der Waals surface area (Å²) in [5.41, 5.74) is 6.90. The van der Waals surface area contributed by atoms with Gasteiger partial charge in [-0.1, -0.05) is 6.07 Å². The third-order valence-electron chi connectivity index (χ3n) is 2.95. The first-order chi connectivity index (χ1) is 9.51. The molecule has 0 saturated heterocycles. The van der Waals surface area contributed by atoms with E-state index >= 15 is 0 Å². The lowest BCUT2D eigenvalue weighted by atomic mass is 10.1. The van der Waals surface area contributed by atoms with Gasteiger partial charge >= 0.3 is 0 Å². The maximum atomic E-state index is 13.7. The van der Waals surface area contributed by atoms with Crippen molar-refractivity contribution >= 4 is 11.6 Å². The van der Waals surface area contributed by atoms with Gasteiger partial charge in [0.1, 0.15) is 11.6 Å². The fourth-order valence-electron chi connectivity index (χ4n) is 1.86. The van der Waals surface area contributed by atoms with Crippen LogP contribution in [-0.2, 0) is 6.54 Å². The van der Waals surface area contributed by atoms with Crippen LogP contribution >= 0.6 is 0 Å². The number of halogens is 2. The van der Waals surface area contributed by atoms with Crippen molar-refractivity contribution in [3.05, 3.63) is 64.7 Å². The Hall–Kier alpha value is -2.27. The van der Waals surface area contributed by atoms with Gasteiger partial charge in [-0.2, -0.15) is 0 Å². The number of nitrogens with two attached hydrogens (primary N) is 1. The Kier molecular flexibility index (Phi) is 4.10. The lowest BCUT2D eigenvalue weighted by molar-refractivity contribution is 0.102. The summed E-state index contributed by atoms with van der Waals surface area (Å²) >= 11 is 0. The largest absolute Gasteiger partial charge is 0.326 e. The van der Waals surface area contributed by atoms with E-state index in [1.807, 2.05) is 0 Å². The van der Waals surface area contributed by atoms with Crippen LogP contribution in [0.4, 0.5) is 14.5 Å². The van der Waals surface area contributed by atoms with E-state index in [1.165, 1.54) is 30.3 Å². The Bertz CT molecular complexity index is 656. The monoisotopic (exact) mass is 276 g/mol. The van der Waals surface area contributed by atoms with E-state index in [4.69, 9.17) is 5.73 Å². The zero-order valence-electron chi connectivity index (χ0n) is 10.9. The molecule has 2 rings (SSSR count). The number of amides is 1. The molecule has 104 valence electrons. The summed E-state index contributed by atoms with van der Waals surface area (Å²) in [5, 5.41) is 2.46. The molecule has 0 radical (unpaired) electrons. The second kappa shape index (κ2) is 5.79. The first kappa shape index (κ1) is 14.1. The summed E-state index contributed by atoms with van der Waals surface area (Å²) in [6.45, 7) is 1.84. The molecule has 20 heavy (non-hydrogen) atoms. The SMILES string of the molecule is Cc1cc(F)ccc1C(=O)Nc1ccc(CN)cc1F. The Morgan fingerprint density at radius 1 is 1.20 bits per heavy atom. The van der Waals surface area contributed by atoms with Crippen LogP contribution in [0.3, 0.4) is 0 Å². The van der Waals surface area contributed by atoms with Crippen molar-refractivity contribution in [2.75, 3.05) is 5.32 Å². The van der Waals surface area contributed by atoms with Crippen LogP contribution in [0.25, 0.3) is 0 Å². The van der Waals surface area contributed by atoms with Crippen LogP contribution in [0.5, 0.6) is 0 Å². The van der Waals surface area contributed by atoms with Crippen molar-refractivity contribution in [2.24, 2.45) is 5.73 Å². The Morgan fingerprint density at radius 2 is 1.95 bits per heavy atom. The van der Waals surface area contributed by atoms with Crippen molar-refractivity contribution in [1.82, 2.24) is 0 Å². The highest BCUT2D eigenvalue weighted by Crippen LogP contribution is 2.18. The van der Waals surface area contributed by atoms with Crippen LogP contribution in [0.1, 0.15) is 21.5 Å². The number of aryl methyl sites for hydroxylation is 1. The lowest BCUT2D eigenvalue weighted by Crippen LogP contribution is -2.14. The van der Waals surface area contributed by atoms with Crippen molar-refractivity contribution < 1.29 is 13.6 Å². The summed E-state index contributed by atoms with van der Waals surface area (Å²) in [6, 6.07) is 8.17. The zero-order chi connectivity index (χ0) is 14.7. The third-order valence-corrected chi connectivity index (χ3v) is 2.95. The summed E-state index contributed by atoms with van der Waals surface area (Å²) in [5.74, 6) is -1.46. The Morgan fingerprint density at radius 3 is 2.55 bits per heavy atom. The highest BCUT2D eigenvalue weighted by atomic mass is 19.1. The van der Waals surface area contributed by atoms with Crippen LogP contribution < -0.4 is 11.1 Å². The van der Waals surface area contributed by atoms with E-state index in [-0.39, 0.29) is 12.2 Å². The molecule has 0 spiro atoms. The number of anilines is 1. The first-order valence-corrected chi connectivity index (χ1v) is 6.07. The average Bonchev–Trinajstić information content (AvgIpc) is 2.40. The molecule has 0 aliphatic rings. The first-order valence-electron chi connectivity index (χ1n) is 6.07. The second-order valence-electron chi connectivity index (χ2n) is 4.43. The van der Waals surface area contributed by atoms with Gasteiger partial charge < -0.3 is 11.1 Å². The van der Waals surface area contributed by atoms with Crippen LogP contribution in [0.15, 0.2) is 36.4 Å². The van der Waals surface area contributed by atoms with E-state index in [1.54, 1.807) is 13.0 Å². The molecule has 2 aromatic carbocycles. The molecule has 0 bridgehead atoms. The number of benzene rings is 2. The number of hydrogen-bond donors (Lipinski definition) is 2. The molecule has 2 aromatic rings.